The number of methoxy groups -OCH3 is 2. The summed E-state index contributed by atoms with van der Waals surface area (Å²) in [4.78, 5) is 22.6. The molecule has 1 saturated heterocycles. The molecule has 166 valence electrons. The molecule has 0 aliphatic carbocycles. The number of anilines is 1. The molecule has 9 heteroatoms. The number of hydrogen-bond donors (Lipinski definition) is 1. The van der Waals surface area contributed by atoms with E-state index in [0.717, 1.165) is 22.9 Å². The molecule has 1 amide bonds. The molecule has 4 rings (SSSR count). The topological polar surface area (TPSA) is 76.6 Å². The van der Waals surface area contributed by atoms with Crippen molar-refractivity contribution in [2.75, 3.05) is 32.6 Å². The minimum absolute atomic E-state index is 0.0623. The molecule has 1 N–H and O–H groups in total. The van der Waals surface area contributed by atoms with Crippen LogP contribution in [0.3, 0.4) is 0 Å². The fourth-order valence-corrected chi connectivity index (χ4v) is 4.51. The number of amides is 1. The summed E-state index contributed by atoms with van der Waals surface area (Å²) >= 11 is 13.1. The Morgan fingerprint density at radius 2 is 1.94 bits per heavy atom. The second kappa shape index (κ2) is 9.22. The van der Waals surface area contributed by atoms with Crippen LogP contribution in [0.1, 0.15) is 6.42 Å². The van der Waals surface area contributed by atoms with Gasteiger partial charge in [0.1, 0.15) is 11.5 Å². The molecule has 1 atom stereocenters. The van der Waals surface area contributed by atoms with Crippen molar-refractivity contribution in [3.05, 3.63) is 53.2 Å². The van der Waals surface area contributed by atoms with Crippen molar-refractivity contribution in [2.24, 2.45) is 0 Å². The van der Waals surface area contributed by atoms with Crippen LogP contribution in [0, 0.1) is 0 Å². The first-order valence-electron chi connectivity index (χ1n) is 10.00. The first-order valence-corrected chi connectivity index (χ1v) is 10.8. The number of carbonyl (C=O) groups excluding carboxylic acids is 1. The summed E-state index contributed by atoms with van der Waals surface area (Å²) in [7, 11) is 3.08. The van der Waals surface area contributed by atoms with E-state index in [-0.39, 0.29) is 11.9 Å². The van der Waals surface area contributed by atoms with E-state index in [2.05, 4.69) is 21.9 Å². The zero-order valence-electron chi connectivity index (χ0n) is 17.7. The summed E-state index contributed by atoms with van der Waals surface area (Å²) in [5.74, 6) is 1.40. The van der Waals surface area contributed by atoms with Crippen LogP contribution >= 0.6 is 23.2 Å². The van der Waals surface area contributed by atoms with E-state index < -0.39 is 0 Å². The second-order valence-electron chi connectivity index (χ2n) is 7.37. The molecule has 0 saturated carbocycles. The fraction of sp³-hybridized carbons (Fsp3) is 0.261. The average molecular weight is 473 g/mol. The van der Waals surface area contributed by atoms with Gasteiger partial charge in [-0.05, 0) is 30.2 Å². The summed E-state index contributed by atoms with van der Waals surface area (Å²) in [6, 6.07) is 7.45. The van der Waals surface area contributed by atoms with E-state index in [9.17, 15) is 4.79 Å². The molecule has 32 heavy (non-hydrogen) atoms. The Hall–Kier alpha value is -3.03. The van der Waals surface area contributed by atoms with Gasteiger partial charge in [0, 0.05) is 42.3 Å². The molecular weight excluding hydrogens is 451 g/mol. The van der Waals surface area contributed by atoms with Crippen LogP contribution in [0.5, 0.6) is 11.5 Å². The van der Waals surface area contributed by atoms with Crippen LogP contribution in [0.4, 0.5) is 5.95 Å². The van der Waals surface area contributed by atoms with Crippen LogP contribution in [0.25, 0.3) is 22.0 Å². The van der Waals surface area contributed by atoms with Gasteiger partial charge in [0.25, 0.3) is 0 Å². The highest BCUT2D eigenvalue weighted by Crippen LogP contribution is 2.46. The predicted octanol–water partition coefficient (Wildman–Crippen LogP) is 4.82. The molecule has 0 bridgehead atoms. The first kappa shape index (κ1) is 22.2. The Labute approximate surface area is 196 Å². The molecule has 1 aliphatic heterocycles. The van der Waals surface area contributed by atoms with E-state index in [1.165, 1.54) is 20.3 Å². The Bertz CT molecular complexity index is 1170. The number of nitrogens with zero attached hydrogens (tertiary/aromatic N) is 3. The minimum Gasteiger partial charge on any atom is -0.495 e. The first-order chi connectivity index (χ1) is 15.4. The van der Waals surface area contributed by atoms with Gasteiger partial charge in [0.15, 0.2) is 0 Å². The number of aromatic nitrogens is 2. The summed E-state index contributed by atoms with van der Waals surface area (Å²) in [5.41, 5.74) is 2.18. The number of likely N-dealkylation sites (tertiary alicyclic amines) is 1. The smallest absolute Gasteiger partial charge is 0.246 e. The summed E-state index contributed by atoms with van der Waals surface area (Å²) in [6.07, 6.45) is 3.91. The van der Waals surface area contributed by atoms with Crippen LogP contribution in [-0.2, 0) is 4.79 Å². The average Bonchev–Trinajstić information content (AvgIpc) is 3.27. The lowest BCUT2D eigenvalue weighted by Gasteiger charge is -2.16. The van der Waals surface area contributed by atoms with Crippen molar-refractivity contribution in [1.82, 2.24) is 14.9 Å². The maximum absolute atomic E-state index is 11.8. The van der Waals surface area contributed by atoms with Gasteiger partial charge >= 0.3 is 0 Å². The van der Waals surface area contributed by atoms with Gasteiger partial charge in [-0.3, -0.25) is 4.79 Å². The van der Waals surface area contributed by atoms with E-state index in [4.69, 9.17) is 32.7 Å². The zero-order chi connectivity index (χ0) is 22.8. The zero-order valence-corrected chi connectivity index (χ0v) is 19.2. The Morgan fingerprint density at radius 1 is 1.22 bits per heavy atom. The number of benzene rings is 2. The van der Waals surface area contributed by atoms with Crippen LogP contribution < -0.4 is 14.8 Å². The molecule has 1 aromatic heterocycles. The molecule has 2 aromatic carbocycles. The molecule has 1 aliphatic rings. The number of nitrogens with one attached hydrogen (secondary N) is 1. The SMILES string of the molecule is C=CC(=O)N1CC[C@H](Nc2ncc3cc(-c4c(Cl)c(OC)cc(OC)c4Cl)ccc3n2)C1. The quantitative estimate of drug-likeness (QED) is 0.518. The second-order valence-corrected chi connectivity index (χ2v) is 8.13. The fourth-order valence-electron chi connectivity index (χ4n) is 3.79. The standard InChI is InChI=1S/C23H22Cl2N4O3/c1-4-19(30)29-8-7-15(12-29)27-23-26-11-14-9-13(5-6-16(14)28-23)20-21(24)17(31-2)10-18(32-3)22(20)25/h4-6,9-11,15H,1,7-8,12H2,2-3H3,(H,26,27,28)/t15-/m0/s1. The number of hydrogen-bond acceptors (Lipinski definition) is 6. The van der Waals surface area contributed by atoms with Crippen molar-refractivity contribution in [2.45, 2.75) is 12.5 Å². The van der Waals surface area contributed by atoms with Crippen molar-refractivity contribution in [3.63, 3.8) is 0 Å². The van der Waals surface area contributed by atoms with Crippen LogP contribution in [0.15, 0.2) is 43.1 Å². The Kier molecular flexibility index (Phi) is 6.39. The van der Waals surface area contributed by atoms with Gasteiger partial charge < -0.3 is 19.7 Å². The van der Waals surface area contributed by atoms with Gasteiger partial charge in [-0.1, -0.05) is 35.8 Å². The lowest BCUT2D eigenvalue weighted by atomic mass is 10.0. The molecule has 0 radical (unpaired) electrons. The monoisotopic (exact) mass is 472 g/mol. The van der Waals surface area contributed by atoms with Crippen molar-refractivity contribution < 1.29 is 14.3 Å². The molecule has 1 fully saturated rings. The third kappa shape index (κ3) is 4.18. The number of rotatable bonds is 6. The maximum Gasteiger partial charge on any atom is 0.246 e. The number of fused-ring (bicyclic) bond motifs is 1. The van der Waals surface area contributed by atoms with Gasteiger partial charge in [0.05, 0.1) is 29.8 Å². The third-order valence-electron chi connectivity index (χ3n) is 5.45. The Balaban J connectivity index is 1.62. The molecule has 0 spiro atoms. The summed E-state index contributed by atoms with van der Waals surface area (Å²) in [6.45, 7) is 4.82. The van der Waals surface area contributed by atoms with Gasteiger partial charge in [0.2, 0.25) is 11.9 Å². The highest BCUT2D eigenvalue weighted by Gasteiger charge is 2.25. The molecule has 0 unspecified atom stereocenters. The molecule has 2 heterocycles. The van der Waals surface area contributed by atoms with E-state index in [1.54, 1.807) is 17.2 Å². The molecule has 7 nitrogen and oxygen atoms in total. The largest absolute Gasteiger partial charge is 0.495 e. The third-order valence-corrected chi connectivity index (χ3v) is 6.20. The number of halogens is 2. The number of carbonyl (C=O) groups is 1. The van der Waals surface area contributed by atoms with Crippen molar-refractivity contribution in [3.8, 4) is 22.6 Å². The summed E-state index contributed by atoms with van der Waals surface area (Å²) < 4.78 is 10.7. The van der Waals surface area contributed by atoms with Crippen LogP contribution in [-0.4, -0.2) is 54.1 Å². The number of ether oxygens (including phenoxy) is 2. The lowest BCUT2D eigenvalue weighted by Crippen LogP contribution is -2.30. The van der Waals surface area contributed by atoms with Gasteiger partial charge in [-0.25, -0.2) is 9.97 Å². The minimum atomic E-state index is -0.0623. The van der Waals surface area contributed by atoms with E-state index in [0.29, 0.717) is 46.1 Å². The highest BCUT2D eigenvalue weighted by molar-refractivity contribution is 6.41. The predicted molar refractivity (Wildman–Crippen MR) is 127 cm³/mol. The van der Waals surface area contributed by atoms with Gasteiger partial charge in [-0.15, -0.1) is 0 Å². The molecule has 3 aromatic rings. The van der Waals surface area contributed by atoms with Crippen molar-refractivity contribution in [1.29, 1.82) is 0 Å². The lowest BCUT2D eigenvalue weighted by molar-refractivity contribution is -0.125. The Morgan fingerprint density at radius 3 is 2.59 bits per heavy atom. The van der Waals surface area contributed by atoms with Crippen molar-refractivity contribution >= 4 is 46.0 Å². The van der Waals surface area contributed by atoms with E-state index >= 15 is 0 Å². The van der Waals surface area contributed by atoms with E-state index in [1.807, 2.05) is 18.2 Å². The van der Waals surface area contributed by atoms with Crippen LogP contribution in [0.2, 0.25) is 10.0 Å². The highest BCUT2D eigenvalue weighted by atomic mass is 35.5. The molecular formula is C23H22Cl2N4O3. The normalized spacial score (nSPS) is 15.6. The van der Waals surface area contributed by atoms with Gasteiger partial charge in [-0.2, -0.15) is 0 Å². The maximum atomic E-state index is 11.8. The summed E-state index contributed by atoms with van der Waals surface area (Å²) in [5, 5.41) is 4.94.